The topological polar surface area (TPSA) is 46.5 Å². The van der Waals surface area contributed by atoms with Crippen molar-refractivity contribution in [2.45, 2.75) is 198 Å². The number of ether oxygens (including phenoxy) is 1. The SMILES string of the molecule is CCCCCCCCC=CCCCCCCCC(=O)OC1CC(C)=C(C=CC(C)=CC=CC(C)=CC=CC=C(C)C=CC=C(C)C=CC2C(C)=CC(O)CC2(C)C)C(C)(C)C1. The van der Waals surface area contributed by atoms with Crippen molar-refractivity contribution in [2.24, 2.45) is 16.7 Å². The molecule has 61 heavy (non-hydrogen) atoms. The largest absolute Gasteiger partial charge is 0.462 e. The fraction of sp³-hybridized carbons (Fsp3) is 0.569. The van der Waals surface area contributed by atoms with Crippen LogP contribution < -0.4 is 0 Å². The van der Waals surface area contributed by atoms with Gasteiger partial charge >= 0.3 is 5.97 Å². The Kier molecular flexibility index (Phi) is 25.9. The van der Waals surface area contributed by atoms with Gasteiger partial charge in [-0.25, -0.2) is 0 Å². The smallest absolute Gasteiger partial charge is 0.306 e. The summed E-state index contributed by atoms with van der Waals surface area (Å²) in [5.74, 6) is 0.306. The van der Waals surface area contributed by atoms with Crippen LogP contribution in [0.25, 0.3) is 0 Å². The molecule has 0 amide bonds. The Hall–Kier alpha value is -3.69. The molecule has 3 nitrogen and oxygen atoms in total. The molecule has 2 aliphatic carbocycles. The van der Waals surface area contributed by atoms with Crippen LogP contribution in [0.15, 0.2) is 142 Å². The second-order valence-corrected chi connectivity index (χ2v) is 19.5. The molecule has 0 aromatic heterocycles. The second-order valence-electron chi connectivity index (χ2n) is 19.5. The maximum absolute atomic E-state index is 12.7. The molecule has 0 bridgehead atoms. The van der Waals surface area contributed by atoms with Crippen LogP contribution >= 0.6 is 0 Å². The zero-order chi connectivity index (χ0) is 45.1. The van der Waals surface area contributed by atoms with E-state index in [2.05, 4.69) is 173 Å². The predicted octanol–water partition coefficient (Wildman–Crippen LogP) is 17.0. The Morgan fingerprint density at radius 3 is 1.75 bits per heavy atom. The molecule has 0 aliphatic heterocycles. The molecule has 0 aromatic rings. The highest BCUT2D eigenvalue weighted by Gasteiger charge is 2.35. The molecule has 0 heterocycles. The van der Waals surface area contributed by atoms with Gasteiger partial charge in [0.15, 0.2) is 0 Å². The summed E-state index contributed by atoms with van der Waals surface area (Å²) in [6.07, 6.45) is 55.9. The number of carbonyl (C=O) groups is 1. The molecule has 3 unspecified atom stereocenters. The van der Waals surface area contributed by atoms with Gasteiger partial charge in [-0.2, -0.15) is 0 Å². The van der Waals surface area contributed by atoms with Crippen molar-refractivity contribution >= 4 is 5.97 Å². The van der Waals surface area contributed by atoms with Gasteiger partial charge in [0.2, 0.25) is 0 Å². The van der Waals surface area contributed by atoms with Crippen molar-refractivity contribution in [2.75, 3.05) is 0 Å². The van der Waals surface area contributed by atoms with Crippen LogP contribution in [0.4, 0.5) is 0 Å². The molecule has 3 atom stereocenters. The number of rotatable bonds is 26. The molecule has 0 radical (unpaired) electrons. The van der Waals surface area contributed by atoms with Gasteiger partial charge in [0, 0.05) is 18.8 Å². The second kappa shape index (κ2) is 29.6. The third-order valence-corrected chi connectivity index (χ3v) is 12.3. The van der Waals surface area contributed by atoms with Gasteiger partial charge in [0.05, 0.1) is 6.10 Å². The summed E-state index contributed by atoms with van der Waals surface area (Å²) in [4.78, 5) is 12.7. The van der Waals surface area contributed by atoms with E-state index in [0.717, 1.165) is 32.1 Å². The Morgan fingerprint density at radius 2 is 1.20 bits per heavy atom. The van der Waals surface area contributed by atoms with Crippen molar-refractivity contribution in [1.82, 2.24) is 0 Å². The van der Waals surface area contributed by atoms with Crippen LogP contribution in [0.1, 0.15) is 185 Å². The molecular weight excluding hydrogens is 745 g/mol. The van der Waals surface area contributed by atoms with E-state index in [-0.39, 0.29) is 29.0 Å². The summed E-state index contributed by atoms with van der Waals surface area (Å²) in [5, 5.41) is 10.1. The molecular formula is C58H88O3. The van der Waals surface area contributed by atoms with Gasteiger partial charge in [-0.1, -0.05) is 223 Å². The lowest BCUT2D eigenvalue weighted by Gasteiger charge is -2.38. The zero-order valence-electron chi connectivity index (χ0n) is 40.8. The minimum Gasteiger partial charge on any atom is -0.462 e. The maximum atomic E-state index is 12.7. The van der Waals surface area contributed by atoms with Gasteiger partial charge in [-0.3, -0.25) is 4.79 Å². The van der Waals surface area contributed by atoms with Crippen molar-refractivity contribution in [3.05, 3.63) is 142 Å². The number of allylic oxidation sites excluding steroid dienone is 22. The zero-order valence-corrected chi connectivity index (χ0v) is 40.8. The average molecular weight is 833 g/mol. The monoisotopic (exact) mass is 833 g/mol. The summed E-state index contributed by atoms with van der Waals surface area (Å²) in [5.41, 5.74) is 8.67. The van der Waals surface area contributed by atoms with E-state index in [0.29, 0.717) is 12.3 Å². The quantitative estimate of drug-likeness (QED) is 0.0409. The van der Waals surface area contributed by atoms with Crippen molar-refractivity contribution < 1.29 is 14.6 Å². The summed E-state index contributed by atoms with van der Waals surface area (Å²) in [7, 11) is 0. The molecule has 2 rings (SSSR count). The van der Waals surface area contributed by atoms with Gasteiger partial charge in [-0.15, -0.1) is 0 Å². The molecule has 0 fully saturated rings. The van der Waals surface area contributed by atoms with Crippen molar-refractivity contribution in [1.29, 1.82) is 0 Å². The Bertz CT molecular complexity index is 1700. The van der Waals surface area contributed by atoms with E-state index in [9.17, 15) is 9.90 Å². The first kappa shape index (κ1) is 53.4. The lowest BCUT2D eigenvalue weighted by molar-refractivity contribution is -0.150. The maximum Gasteiger partial charge on any atom is 0.306 e. The number of aliphatic hydroxyl groups excluding tert-OH is 1. The fourth-order valence-electron chi connectivity index (χ4n) is 8.78. The molecule has 0 saturated carbocycles. The summed E-state index contributed by atoms with van der Waals surface area (Å²) in [6, 6.07) is 0. The highest BCUT2D eigenvalue weighted by molar-refractivity contribution is 5.69. The van der Waals surface area contributed by atoms with Crippen LogP contribution in [-0.4, -0.2) is 23.3 Å². The fourth-order valence-corrected chi connectivity index (χ4v) is 8.78. The number of hydrogen-bond donors (Lipinski definition) is 1. The molecule has 338 valence electrons. The Labute approximate surface area is 375 Å². The normalized spacial score (nSPS) is 22.0. The van der Waals surface area contributed by atoms with Crippen molar-refractivity contribution in [3.63, 3.8) is 0 Å². The first-order valence-electron chi connectivity index (χ1n) is 24.0. The van der Waals surface area contributed by atoms with Crippen LogP contribution in [0, 0.1) is 16.7 Å². The third kappa shape index (κ3) is 23.4. The van der Waals surface area contributed by atoms with Crippen LogP contribution in [-0.2, 0) is 9.53 Å². The van der Waals surface area contributed by atoms with Crippen LogP contribution in [0.3, 0.4) is 0 Å². The van der Waals surface area contributed by atoms with Crippen LogP contribution in [0.2, 0.25) is 0 Å². The van der Waals surface area contributed by atoms with Gasteiger partial charge < -0.3 is 9.84 Å². The van der Waals surface area contributed by atoms with Crippen molar-refractivity contribution in [3.8, 4) is 0 Å². The lowest BCUT2D eigenvalue weighted by Crippen LogP contribution is -2.32. The van der Waals surface area contributed by atoms with E-state index in [1.54, 1.807) is 0 Å². The summed E-state index contributed by atoms with van der Waals surface area (Å²) >= 11 is 0. The predicted molar refractivity (Wildman–Crippen MR) is 267 cm³/mol. The first-order chi connectivity index (χ1) is 29.0. The molecule has 0 aromatic carbocycles. The number of hydrogen-bond acceptors (Lipinski definition) is 3. The van der Waals surface area contributed by atoms with E-state index >= 15 is 0 Å². The highest BCUT2D eigenvalue weighted by Crippen LogP contribution is 2.43. The Morgan fingerprint density at radius 1 is 0.689 bits per heavy atom. The molecule has 0 saturated heterocycles. The highest BCUT2D eigenvalue weighted by atomic mass is 16.5. The number of esters is 1. The molecule has 0 spiro atoms. The minimum atomic E-state index is -0.338. The summed E-state index contributed by atoms with van der Waals surface area (Å²) in [6.45, 7) is 24.1. The Balaban J connectivity index is 1.74. The molecule has 2 aliphatic rings. The van der Waals surface area contributed by atoms with E-state index < -0.39 is 0 Å². The van der Waals surface area contributed by atoms with E-state index in [4.69, 9.17) is 4.74 Å². The van der Waals surface area contributed by atoms with E-state index in [1.165, 1.54) is 110 Å². The van der Waals surface area contributed by atoms with Gasteiger partial charge in [-0.05, 0) is 103 Å². The van der Waals surface area contributed by atoms with E-state index in [1.807, 2.05) is 6.08 Å². The lowest BCUT2D eigenvalue weighted by atomic mass is 9.67. The standard InChI is InChI=1S/C58H88O3/c1-12-13-14-15-16-17-18-19-20-21-22-23-24-25-26-37-56(60)61-53-43-51(7)55(58(10,11)45-53)41-39-49(5)36-30-34-47(3)32-28-27-31-46(2)33-29-35-48(4)38-40-54-50(6)42-52(59)44-57(54,8)9/h19-20,27-36,38-42,52-54,59H,12-18,21-26,37,43-45H2,1-11H3. The summed E-state index contributed by atoms with van der Waals surface area (Å²) < 4.78 is 6.02. The third-order valence-electron chi connectivity index (χ3n) is 12.3. The number of unbranched alkanes of at least 4 members (excludes halogenated alkanes) is 11. The van der Waals surface area contributed by atoms with Crippen LogP contribution in [0.5, 0.6) is 0 Å². The minimum absolute atomic E-state index is 0.0340. The molecule has 3 heteroatoms. The van der Waals surface area contributed by atoms with Gasteiger partial charge in [0.1, 0.15) is 6.10 Å². The first-order valence-corrected chi connectivity index (χ1v) is 24.0. The number of aliphatic hydroxyl groups is 1. The average Bonchev–Trinajstić information content (AvgIpc) is 3.16. The van der Waals surface area contributed by atoms with Gasteiger partial charge in [0.25, 0.3) is 0 Å². The number of carbonyl (C=O) groups excluding carboxylic acids is 1. The molecule has 1 N–H and O–H groups in total.